The number of aromatic nitrogens is 2. The summed E-state index contributed by atoms with van der Waals surface area (Å²) in [5, 5.41) is 16.7. The van der Waals surface area contributed by atoms with Crippen LogP contribution in [0.5, 0.6) is 11.8 Å². The van der Waals surface area contributed by atoms with Crippen molar-refractivity contribution in [3.8, 4) is 22.9 Å². The fourth-order valence-electron chi connectivity index (χ4n) is 8.03. The molecule has 5 aliphatic rings. The Bertz CT molecular complexity index is 1680. The van der Waals surface area contributed by atoms with Gasteiger partial charge in [0.2, 0.25) is 0 Å². The fourth-order valence-corrected chi connectivity index (χ4v) is 8.32. The maximum absolute atomic E-state index is 16.9. The minimum absolute atomic E-state index is 0.0221. The highest BCUT2D eigenvalue weighted by molar-refractivity contribution is 6.35. The molecule has 5 fully saturated rings. The molecule has 4 aromatic rings. The zero-order valence-corrected chi connectivity index (χ0v) is 24.3. The van der Waals surface area contributed by atoms with E-state index in [9.17, 15) is 5.11 Å². The van der Waals surface area contributed by atoms with Crippen LogP contribution < -0.4 is 15.0 Å². The van der Waals surface area contributed by atoms with E-state index in [2.05, 4.69) is 15.1 Å². The SMILES string of the molecule is Oc1cc(-c2c(Cl)cc3c(N4CC5CCCC4CN5)nc(OCC45CCCN4CCC5)nc3c2F)c2ccccc2c1. The van der Waals surface area contributed by atoms with Crippen molar-refractivity contribution in [2.24, 2.45) is 0 Å². The minimum atomic E-state index is -0.526. The summed E-state index contributed by atoms with van der Waals surface area (Å²) in [6.07, 6.45) is 7.86. The fraction of sp³-hybridized carbons (Fsp3) is 0.455. The quantitative estimate of drug-likeness (QED) is 0.284. The van der Waals surface area contributed by atoms with Gasteiger partial charge in [0.1, 0.15) is 23.7 Å². The number of anilines is 1. The van der Waals surface area contributed by atoms with Crippen LogP contribution in [0.25, 0.3) is 32.8 Å². The van der Waals surface area contributed by atoms with Gasteiger partial charge >= 0.3 is 6.01 Å². The molecule has 5 saturated heterocycles. The Hall–Kier alpha value is -3.20. The highest BCUT2D eigenvalue weighted by atomic mass is 35.5. The molecule has 2 unspecified atom stereocenters. The minimum Gasteiger partial charge on any atom is -0.508 e. The van der Waals surface area contributed by atoms with Crippen LogP contribution in [0.2, 0.25) is 5.02 Å². The Labute approximate surface area is 249 Å². The van der Waals surface area contributed by atoms with Gasteiger partial charge in [0.05, 0.1) is 10.6 Å². The number of ether oxygens (including phenoxy) is 1. The number of piperazine rings is 1. The highest BCUT2D eigenvalue weighted by Gasteiger charge is 2.45. The van der Waals surface area contributed by atoms with Gasteiger partial charge in [-0.1, -0.05) is 35.9 Å². The molecular weight excluding hydrogens is 553 g/mol. The van der Waals surface area contributed by atoms with E-state index in [1.54, 1.807) is 18.2 Å². The van der Waals surface area contributed by atoms with Crippen molar-refractivity contribution >= 4 is 39.1 Å². The van der Waals surface area contributed by atoms with Crippen LogP contribution in [0.1, 0.15) is 44.9 Å². The summed E-state index contributed by atoms with van der Waals surface area (Å²) in [6.45, 7) is 4.38. The Morgan fingerprint density at radius 3 is 2.74 bits per heavy atom. The Morgan fingerprint density at radius 2 is 1.88 bits per heavy atom. The van der Waals surface area contributed by atoms with Crippen LogP contribution in [0.15, 0.2) is 42.5 Å². The third-order valence-electron chi connectivity index (χ3n) is 10.1. The maximum atomic E-state index is 16.9. The lowest BCUT2D eigenvalue weighted by atomic mass is 9.95. The topological polar surface area (TPSA) is 73.8 Å². The van der Waals surface area contributed by atoms with Crippen LogP contribution in [-0.2, 0) is 0 Å². The van der Waals surface area contributed by atoms with Gasteiger partial charge in [-0.15, -0.1) is 0 Å². The number of nitrogens with zero attached hydrogens (tertiary/aromatic N) is 4. The molecule has 42 heavy (non-hydrogen) atoms. The number of rotatable bonds is 5. The predicted octanol–water partition coefficient (Wildman–Crippen LogP) is 6.29. The van der Waals surface area contributed by atoms with Gasteiger partial charge in [0.25, 0.3) is 0 Å². The van der Waals surface area contributed by atoms with Crippen molar-refractivity contribution in [2.45, 2.75) is 62.6 Å². The van der Waals surface area contributed by atoms with Gasteiger partial charge in [-0.25, -0.2) is 4.39 Å². The molecule has 0 amide bonds. The zero-order chi connectivity index (χ0) is 28.4. The van der Waals surface area contributed by atoms with E-state index in [-0.39, 0.29) is 39.4 Å². The smallest absolute Gasteiger partial charge is 0.319 e. The normalized spacial score (nSPS) is 23.5. The summed E-state index contributed by atoms with van der Waals surface area (Å²) in [5.74, 6) is 0.215. The Balaban J connectivity index is 1.29. The second-order valence-corrected chi connectivity index (χ2v) is 12.9. The largest absolute Gasteiger partial charge is 0.508 e. The molecule has 0 spiro atoms. The van der Waals surface area contributed by atoms with Gasteiger partial charge in [-0.2, -0.15) is 9.97 Å². The molecule has 7 nitrogen and oxygen atoms in total. The first kappa shape index (κ1) is 26.4. The number of phenols is 1. The second kappa shape index (κ2) is 10.2. The van der Waals surface area contributed by atoms with Gasteiger partial charge < -0.3 is 20.1 Å². The molecule has 2 bridgehead atoms. The number of fused-ring (bicyclic) bond motifs is 7. The van der Waals surface area contributed by atoms with Crippen molar-refractivity contribution in [1.29, 1.82) is 0 Å². The van der Waals surface area contributed by atoms with Crippen molar-refractivity contribution in [3.05, 3.63) is 53.3 Å². The summed E-state index contributed by atoms with van der Waals surface area (Å²) < 4.78 is 23.3. The lowest BCUT2D eigenvalue weighted by Gasteiger charge is -2.39. The number of hydrogen-bond acceptors (Lipinski definition) is 7. The summed E-state index contributed by atoms with van der Waals surface area (Å²) in [4.78, 5) is 14.6. The molecule has 0 aliphatic carbocycles. The molecule has 9 rings (SSSR count). The lowest BCUT2D eigenvalue weighted by Crippen LogP contribution is -2.54. The third-order valence-corrected chi connectivity index (χ3v) is 10.4. The van der Waals surface area contributed by atoms with Crippen LogP contribution in [0.4, 0.5) is 10.2 Å². The lowest BCUT2D eigenvalue weighted by molar-refractivity contribution is 0.108. The van der Waals surface area contributed by atoms with Crippen molar-refractivity contribution < 1.29 is 14.2 Å². The first-order valence-corrected chi connectivity index (χ1v) is 15.7. The van der Waals surface area contributed by atoms with Crippen LogP contribution in [0, 0.1) is 5.82 Å². The summed E-state index contributed by atoms with van der Waals surface area (Å²) >= 11 is 6.92. The zero-order valence-electron chi connectivity index (χ0n) is 23.6. The second-order valence-electron chi connectivity index (χ2n) is 12.5. The van der Waals surface area contributed by atoms with E-state index in [4.69, 9.17) is 26.3 Å². The Kier molecular flexibility index (Phi) is 6.43. The number of hydrogen-bond donors (Lipinski definition) is 2. The van der Waals surface area contributed by atoms with Crippen LogP contribution in [0.3, 0.4) is 0 Å². The molecule has 2 N–H and O–H groups in total. The monoisotopic (exact) mass is 587 g/mol. The van der Waals surface area contributed by atoms with Crippen molar-refractivity contribution in [2.75, 3.05) is 37.7 Å². The van der Waals surface area contributed by atoms with Gasteiger partial charge in [-0.3, -0.25) is 4.90 Å². The summed E-state index contributed by atoms with van der Waals surface area (Å²) in [6, 6.07) is 13.5. The van der Waals surface area contributed by atoms with E-state index in [1.165, 1.54) is 12.8 Å². The van der Waals surface area contributed by atoms with E-state index < -0.39 is 5.82 Å². The average molecular weight is 588 g/mol. The predicted molar refractivity (Wildman–Crippen MR) is 164 cm³/mol. The molecule has 6 heterocycles. The summed E-state index contributed by atoms with van der Waals surface area (Å²) in [7, 11) is 0. The molecule has 2 atom stereocenters. The summed E-state index contributed by atoms with van der Waals surface area (Å²) in [5.41, 5.74) is 0.973. The van der Waals surface area contributed by atoms with E-state index in [0.717, 1.165) is 69.1 Å². The number of phenolic OH excluding ortho intramolecular Hbond substituents is 1. The molecule has 0 radical (unpaired) electrons. The number of aromatic hydroxyl groups is 1. The molecule has 5 aliphatic heterocycles. The van der Waals surface area contributed by atoms with Gasteiger partial charge in [0.15, 0.2) is 5.82 Å². The number of benzene rings is 3. The first-order chi connectivity index (χ1) is 20.5. The molecule has 1 aromatic heterocycles. The Morgan fingerprint density at radius 1 is 1.05 bits per heavy atom. The van der Waals surface area contributed by atoms with E-state index >= 15 is 4.39 Å². The van der Waals surface area contributed by atoms with E-state index in [0.29, 0.717) is 29.4 Å². The maximum Gasteiger partial charge on any atom is 0.319 e. The molecule has 0 saturated carbocycles. The van der Waals surface area contributed by atoms with Crippen LogP contribution >= 0.6 is 11.6 Å². The van der Waals surface area contributed by atoms with Crippen LogP contribution in [-0.4, -0.2) is 70.4 Å². The van der Waals surface area contributed by atoms with Gasteiger partial charge in [-0.05, 0) is 92.6 Å². The molecule has 9 heteroatoms. The number of nitrogens with one attached hydrogen (secondary N) is 1. The first-order valence-electron chi connectivity index (χ1n) is 15.3. The van der Waals surface area contributed by atoms with Gasteiger partial charge in [0, 0.05) is 36.1 Å². The molecule has 3 aromatic carbocycles. The molecular formula is C33H35ClFN5O2. The van der Waals surface area contributed by atoms with Crippen molar-refractivity contribution in [3.63, 3.8) is 0 Å². The van der Waals surface area contributed by atoms with E-state index in [1.807, 2.05) is 24.3 Å². The average Bonchev–Trinajstić information content (AvgIpc) is 3.41. The third kappa shape index (κ3) is 4.29. The van der Waals surface area contributed by atoms with Crippen molar-refractivity contribution in [1.82, 2.24) is 20.2 Å². The molecule has 218 valence electrons. The highest BCUT2D eigenvalue weighted by Crippen LogP contribution is 2.44. The standard InChI is InChI=1S/C33H35ClFN5O2/c34-27-16-26-30(29(35)28(27)25-15-23(41)14-20-6-1-2-9-24(20)25)37-32(42-19-33-10-4-12-39(33)13-5-11-33)38-31(26)40-18-21-7-3-8-22(40)17-36-21/h1-2,6,9,14-16,21-22,36,41H,3-5,7-8,10-13,17-19H2. The number of halogens is 2.